The van der Waals surface area contributed by atoms with Crippen molar-refractivity contribution in [3.63, 3.8) is 0 Å². The van der Waals surface area contributed by atoms with Gasteiger partial charge in [-0.25, -0.2) is 8.42 Å². The number of hydrogen-bond donors (Lipinski definition) is 2. The third-order valence-electron chi connectivity index (χ3n) is 5.55. The van der Waals surface area contributed by atoms with Crippen LogP contribution in [-0.2, 0) is 17.1 Å². The number of carbonyl (C=O) groups excluding carboxylic acids is 1. The summed E-state index contributed by atoms with van der Waals surface area (Å²) in [6.07, 6.45) is 5.44. The summed E-state index contributed by atoms with van der Waals surface area (Å²) in [6.45, 7) is 6.19. The van der Waals surface area contributed by atoms with Crippen molar-refractivity contribution in [2.24, 2.45) is 13.0 Å². The van der Waals surface area contributed by atoms with Crippen LogP contribution in [0.25, 0.3) is 0 Å². The molecule has 3 rings (SSSR count). The Labute approximate surface area is 156 Å². The minimum atomic E-state index is -3.55. The van der Waals surface area contributed by atoms with E-state index >= 15 is 0 Å². The van der Waals surface area contributed by atoms with E-state index in [1.165, 1.54) is 6.07 Å². The SMILES string of the molecule is CC1CCCN(S(=O)(=O)c2cc(C(=O)NC3CCCNC3C)n(C)c2)C1. The van der Waals surface area contributed by atoms with Gasteiger partial charge in [0.15, 0.2) is 0 Å². The summed E-state index contributed by atoms with van der Waals surface area (Å²) in [4.78, 5) is 12.9. The number of nitrogens with one attached hydrogen (secondary N) is 2. The van der Waals surface area contributed by atoms with Crippen LogP contribution in [0.3, 0.4) is 0 Å². The molecule has 7 nitrogen and oxygen atoms in total. The zero-order chi connectivity index (χ0) is 18.9. The van der Waals surface area contributed by atoms with E-state index in [1.807, 2.05) is 0 Å². The van der Waals surface area contributed by atoms with Crippen LogP contribution >= 0.6 is 0 Å². The van der Waals surface area contributed by atoms with E-state index in [-0.39, 0.29) is 22.9 Å². The van der Waals surface area contributed by atoms with E-state index in [1.54, 1.807) is 22.1 Å². The fourth-order valence-corrected chi connectivity index (χ4v) is 5.57. The van der Waals surface area contributed by atoms with Crippen LogP contribution in [0, 0.1) is 5.92 Å². The van der Waals surface area contributed by atoms with Crippen molar-refractivity contribution in [3.8, 4) is 0 Å². The summed E-state index contributed by atoms with van der Waals surface area (Å²) >= 11 is 0. The lowest BCUT2D eigenvalue weighted by Crippen LogP contribution is -2.52. The van der Waals surface area contributed by atoms with Gasteiger partial charge in [-0.15, -0.1) is 0 Å². The summed E-state index contributed by atoms with van der Waals surface area (Å²) < 4.78 is 29.0. The first-order valence-corrected chi connectivity index (χ1v) is 10.9. The Morgan fingerprint density at radius 3 is 2.73 bits per heavy atom. The molecule has 146 valence electrons. The lowest BCUT2D eigenvalue weighted by Gasteiger charge is -2.30. The zero-order valence-electron chi connectivity index (χ0n) is 15.9. The Balaban J connectivity index is 1.76. The highest BCUT2D eigenvalue weighted by atomic mass is 32.2. The Bertz CT molecular complexity index is 758. The lowest BCUT2D eigenvalue weighted by molar-refractivity contribution is 0.0911. The number of nitrogens with zero attached hydrogens (tertiary/aromatic N) is 2. The molecule has 2 aliphatic heterocycles. The van der Waals surface area contributed by atoms with Gasteiger partial charge in [0.2, 0.25) is 10.0 Å². The maximum absolute atomic E-state index is 12.9. The zero-order valence-corrected chi connectivity index (χ0v) is 16.7. The number of rotatable bonds is 4. The third kappa shape index (κ3) is 3.97. The van der Waals surface area contributed by atoms with E-state index < -0.39 is 10.0 Å². The van der Waals surface area contributed by atoms with Crippen LogP contribution in [0.2, 0.25) is 0 Å². The standard InChI is InChI=1S/C18H30N4O3S/c1-13-6-5-9-22(11-13)26(24,25)15-10-17(21(3)12-15)18(23)20-16-7-4-8-19-14(16)2/h10,12-14,16,19H,4-9,11H2,1-3H3,(H,20,23). The second-order valence-corrected chi connectivity index (χ2v) is 9.69. The van der Waals surface area contributed by atoms with Crippen molar-refractivity contribution < 1.29 is 13.2 Å². The maximum atomic E-state index is 12.9. The number of piperidine rings is 2. The molecule has 0 saturated carbocycles. The van der Waals surface area contributed by atoms with Crippen LogP contribution in [-0.4, -0.2) is 54.9 Å². The minimum Gasteiger partial charge on any atom is -0.346 e. The first-order valence-electron chi connectivity index (χ1n) is 9.50. The van der Waals surface area contributed by atoms with E-state index in [0.717, 1.165) is 32.2 Å². The molecule has 2 N–H and O–H groups in total. The van der Waals surface area contributed by atoms with Gasteiger partial charge in [-0.1, -0.05) is 6.92 Å². The first-order chi connectivity index (χ1) is 12.3. The molecule has 1 aromatic heterocycles. The molecular formula is C18H30N4O3S. The predicted octanol–water partition coefficient (Wildman–Crippen LogP) is 1.32. The molecule has 0 spiro atoms. The molecule has 0 bridgehead atoms. The monoisotopic (exact) mass is 382 g/mol. The molecule has 0 aliphatic carbocycles. The van der Waals surface area contributed by atoms with Crippen LogP contribution < -0.4 is 10.6 Å². The second-order valence-electron chi connectivity index (χ2n) is 7.75. The van der Waals surface area contributed by atoms with E-state index in [2.05, 4.69) is 24.5 Å². The largest absolute Gasteiger partial charge is 0.346 e. The smallest absolute Gasteiger partial charge is 0.268 e. The average Bonchev–Trinajstić information content (AvgIpc) is 2.99. The van der Waals surface area contributed by atoms with Crippen LogP contribution in [0.5, 0.6) is 0 Å². The van der Waals surface area contributed by atoms with Crippen molar-refractivity contribution in [1.29, 1.82) is 0 Å². The molecule has 26 heavy (non-hydrogen) atoms. The highest BCUT2D eigenvalue weighted by molar-refractivity contribution is 7.89. The van der Waals surface area contributed by atoms with Gasteiger partial charge >= 0.3 is 0 Å². The van der Waals surface area contributed by atoms with Crippen LogP contribution in [0.15, 0.2) is 17.2 Å². The molecule has 0 aromatic carbocycles. The summed E-state index contributed by atoms with van der Waals surface area (Å²) in [6, 6.07) is 1.78. The summed E-state index contributed by atoms with van der Waals surface area (Å²) in [5, 5.41) is 6.40. The number of amides is 1. The molecule has 3 heterocycles. The Morgan fingerprint density at radius 2 is 2.04 bits per heavy atom. The number of aryl methyl sites for hydroxylation is 1. The molecule has 2 fully saturated rings. The molecule has 2 aliphatic rings. The van der Waals surface area contributed by atoms with Crippen molar-refractivity contribution in [2.45, 2.75) is 56.5 Å². The van der Waals surface area contributed by atoms with Crippen LogP contribution in [0.1, 0.15) is 50.0 Å². The minimum absolute atomic E-state index is 0.0640. The summed E-state index contributed by atoms with van der Waals surface area (Å²) in [7, 11) is -1.84. The van der Waals surface area contributed by atoms with Gasteiger partial charge in [-0.2, -0.15) is 4.31 Å². The summed E-state index contributed by atoms with van der Waals surface area (Å²) in [5.74, 6) is 0.145. The Hall–Kier alpha value is -1.38. The third-order valence-corrected chi connectivity index (χ3v) is 7.38. The average molecular weight is 383 g/mol. The lowest BCUT2D eigenvalue weighted by atomic mass is 10.00. The summed E-state index contributed by atoms with van der Waals surface area (Å²) in [5.41, 5.74) is 0.381. The van der Waals surface area contributed by atoms with Crippen LogP contribution in [0.4, 0.5) is 0 Å². The topological polar surface area (TPSA) is 83.4 Å². The van der Waals surface area contributed by atoms with Gasteiger partial charge < -0.3 is 15.2 Å². The normalized spacial score (nSPS) is 28.0. The van der Waals surface area contributed by atoms with Crippen molar-refractivity contribution in [2.75, 3.05) is 19.6 Å². The van der Waals surface area contributed by atoms with Gasteiger partial charge in [0.05, 0.1) is 0 Å². The van der Waals surface area contributed by atoms with Gasteiger partial charge in [0, 0.05) is 38.4 Å². The predicted molar refractivity (Wildman–Crippen MR) is 101 cm³/mol. The van der Waals surface area contributed by atoms with Gasteiger partial charge in [-0.3, -0.25) is 4.79 Å². The number of sulfonamides is 1. The molecule has 2 saturated heterocycles. The van der Waals surface area contributed by atoms with E-state index in [4.69, 9.17) is 0 Å². The van der Waals surface area contributed by atoms with E-state index in [9.17, 15) is 13.2 Å². The second kappa shape index (κ2) is 7.70. The highest BCUT2D eigenvalue weighted by Gasteiger charge is 2.31. The molecular weight excluding hydrogens is 352 g/mol. The van der Waals surface area contributed by atoms with Gasteiger partial charge in [-0.05, 0) is 51.1 Å². The Kier molecular flexibility index (Phi) is 5.74. The molecule has 1 aromatic rings. The van der Waals surface area contributed by atoms with Gasteiger partial charge in [0.1, 0.15) is 10.6 Å². The maximum Gasteiger partial charge on any atom is 0.268 e. The molecule has 8 heteroatoms. The fraction of sp³-hybridized carbons (Fsp3) is 0.722. The molecule has 3 unspecified atom stereocenters. The first kappa shape index (κ1) is 19.4. The quantitative estimate of drug-likeness (QED) is 0.823. The molecule has 1 amide bonds. The number of aromatic nitrogens is 1. The van der Waals surface area contributed by atoms with Crippen molar-refractivity contribution in [3.05, 3.63) is 18.0 Å². The number of hydrogen-bond acceptors (Lipinski definition) is 4. The van der Waals surface area contributed by atoms with Gasteiger partial charge in [0.25, 0.3) is 5.91 Å². The highest BCUT2D eigenvalue weighted by Crippen LogP contribution is 2.24. The molecule has 3 atom stereocenters. The van der Waals surface area contributed by atoms with Crippen molar-refractivity contribution in [1.82, 2.24) is 19.5 Å². The van der Waals surface area contributed by atoms with E-state index in [0.29, 0.717) is 24.7 Å². The van der Waals surface area contributed by atoms with Crippen molar-refractivity contribution >= 4 is 15.9 Å². The number of carbonyl (C=O) groups is 1. The fourth-order valence-electron chi connectivity index (χ4n) is 3.90. The molecule has 0 radical (unpaired) electrons. The Morgan fingerprint density at radius 1 is 1.27 bits per heavy atom.